The summed E-state index contributed by atoms with van der Waals surface area (Å²) < 4.78 is 0. The van der Waals surface area contributed by atoms with Gasteiger partial charge in [0.05, 0.1) is 0 Å². The second-order valence-corrected chi connectivity index (χ2v) is 4.65. The smallest absolute Gasteiger partial charge is 0.145 e. The largest absolute Gasteiger partial charge is 0.370 e. The molecule has 5 nitrogen and oxygen atoms in total. The van der Waals surface area contributed by atoms with Gasteiger partial charge in [-0.25, -0.2) is 15.8 Å². The minimum atomic E-state index is 0.601. The summed E-state index contributed by atoms with van der Waals surface area (Å²) in [7, 11) is 0. The third-order valence-electron chi connectivity index (χ3n) is 2.98. The number of aromatic nitrogens is 2. The summed E-state index contributed by atoms with van der Waals surface area (Å²) in [6, 6.07) is 1.83. The standard InChI is InChI=1S/C12H23N5/c1-5-10-15-11(6-12(16-10)17-13)14-7-9(4)8(2)3/h6,8-9H,5,7,13H2,1-4H3,(H2,14,15,16,17). The lowest BCUT2D eigenvalue weighted by Crippen LogP contribution is -2.18. The summed E-state index contributed by atoms with van der Waals surface area (Å²) >= 11 is 0. The van der Waals surface area contributed by atoms with E-state index in [1.165, 1.54) is 0 Å². The fourth-order valence-corrected chi connectivity index (χ4v) is 1.32. The molecule has 17 heavy (non-hydrogen) atoms. The van der Waals surface area contributed by atoms with Crippen LogP contribution < -0.4 is 16.6 Å². The van der Waals surface area contributed by atoms with Crippen LogP contribution in [0.4, 0.5) is 11.6 Å². The second kappa shape index (κ2) is 6.39. The highest BCUT2D eigenvalue weighted by atomic mass is 15.3. The van der Waals surface area contributed by atoms with Crippen molar-refractivity contribution in [3.05, 3.63) is 11.9 Å². The van der Waals surface area contributed by atoms with Crippen LogP contribution in [0.5, 0.6) is 0 Å². The van der Waals surface area contributed by atoms with Crippen molar-refractivity contribution in [3.8, 4) is 0 Å². The minimum absolute atomic E-state index is 0.601. The van der Waals surface area contributed by atoms with Gasteiger partial charge < -0.3 is 10.7 Å². The van der Waals surface area contributed by atoms with Crippen LogP contribution in [0, 0.1) is 11.8 Å². The first kappa shape index (κ1) is 13.7. The van der Waals surface area contributed by atoms with Crippen LogP contribution in [-0.2, 0) is 6.42 Å². The zero-order chi connectivity index (χ0) is 12.8. The van der Waals surface area contributed by atoms with Crippen LogP contribution in [0.1, 0.15) is 33.5 Å². The quantitative estimate of drug-likeness (QED) is 0.521. The first-order valence-corrected chi connectivity index (χ1v) is 6.15. The number of nitrogens with one attached hydrogen (secondary N) is 2. The van der Waals surface area contributed by atoms with Crippen molar-refractivity contribution in [1.82, 2.24) is 9.97 Å². The Morgan fingerprint density at radius 1 is 1.24 bits per heavy atom. The second-order valence-electron chi connectivity index (χ2n) is 4.65. The van der Waals surface area contributed by atoms with E-state index in [1.807, 2.05) is 13.0 Å². The molecule has 0 aromatic carbocycles. The topological polar surface area (TPSA) is 75.9 Å². The summed E-state index contributed by atoms with van der Waals surface area (Å²) in [4.78, 5) is 8.66. The number of aryl methyl sites for hydroxylation is 1. The van der Waals surface area contributed by atoms with E-state index in [-0.39, 0.29) is 0 Å². The third-order valence-corrected chi connectivity index (χ3v) is 2.98. The molecule has 0 aliphatic rings. The van der Waals surface area contributed by atoms with Crippen LogP contribution in [0.3, 0.4) is 0 Å². The predicted octanol–water partition coefficient (Wildman–Crippen LogP) is 2.03. The first-order chi connectivity index (χ1) is 8.06. The molecule has 0 radical (unpaired) electrons. The lowest BCUT2D eigenvalue weighted by atomic mass is 9.98. The Morgan fingerprint density at radius 3 is 2.41 bits per heavy atom. The van der Waals surface area contributed by atoms with Crippen molar-refractivity contribution in [2.45, 2.75) is 34.1 Å². The number of nitrogens with two attached hydrogens (primary N) is 1. The molecule has 0 bridgehead atoms. The van der Waals surface area contributed by atoms with Gasteiger partial charge in [0, 0.05) is 19.0 Å². The molecule has 1 heterocycles. The summed E-state index contributed by atoms with van der Waals surface area (Å²) in [5.41, 5.74) is 2.56. The monoisotopic (exact) mass is 237 g/mol. The van der Waals surface area contributed by atoms with Gasteiger partial charge in [0.1, 0.15) is 17.5 Å². The average molecular weight is 237 g/mol. The number of hydrogen-bond donors (Lipinski definition) is 3. The molecule has 5 heteroatoms. The molecule has 0 fully saturated rings. The van der Waals surface area contributed by atoms with E-state index in [0.717, 1.165) is 24.6 Å². The highest BCUT2D eigenvalue weighted by Crippen LogP contribution is 2.14. The van der Waals surface area contributed by atoms with E-state index in [1.54, 1.807) is 0 Å². The lowest BCUT2D eigenvalue weighted by Gasteiger charge is -2.17. The van der Waals surface area contributed by atoms with Crippen molar-refractivity contribution in [3.63, 3.8) is 0 Å². The number of anilines is 2. The molecule has 4 N–H and O–H groups in total. The van der Waals surface area contributed by atoms with Crippen LogP contribution in [-0.4, -0.2) is 16.5 Å². The molecule has 0 aliphatic carbocycles. The fourth-order valence-electron chi connectivity index (χ4n) is 1.32. The van der Waals surface area contributed by atoms with Gasteiger partial charge in [-0.2, -0.15) is 0 Å². The van der Waals surface area contributed by atoms with Gasteiger partial charge in [-0.15, -0.1) is 0 Å². The van der Waals surface area contributed by atoms with E-state index in [2.05, 4.69) is 41.5 Å². The van der Waals surface area contributed by atoms with Crippen molar-refractivity contribution >= 4 is 11.6 Å². The maximum Gasteiger partial charge on any atom is 0.145 e. The van der Waals surface area contributed by atoms with Crippen LogP contribution in [0.15, 0.2) is 6.07 Å². The molecule has 0 saturated carbocycles. The molecular weight excluding hydrogens is 214 g/mol. The van der Waals surface area contributed by atoms with Gasteiger partial charge in [0.2, 0.25) is 0 Å². The molecule has 0 saturated heterocycles. The van der Waals surface area contributed by atoms with Crippen molar-refractivity contribution < 1.29 is 0 Å². The maximum absolute atomic E-state index is 5.38. The molecule has 0 aliphatic heterocycles. The first-order valence-electron chi connectivity index (χ1n) is 6.15. The lowest BCUT2D eigenvalue weighted by molar-refractivity contribution is 0.439. The highest BCUT2D eigenvalue weighted by molar-refractivity contribution is 5.46. The van der Waals surface area contributed by atoms with E-state index in [0.29, 0.717) is 17.7 Å². The predicted molar refractivity (Wildman–Crippen MR) is 71.7 cm³/mol. The molecule has 1 rings (SSSR count). The Balaban J connectivity index is 2.70. The molecule has 96 valence electrons. The summed E-state index contributed by atoms with van der Waals surface area (Å²) in [5.74, 6) is 8.91. The van der Waals surface area contributed by atoms with Gasteiger partial charge in [-0.1, -0.05) is 27.7 Å². The number of hydrogen-bond acceptors (Lipinski definition) is 5. The van der Waals surface area contributed by atoms with Crippen LogP contribution in [0.2, 0.25) is 0 Å². The fraction of sp³-hybridized carbons (Fsp3) is 0.667. The minimum Gasteiger partial charge on any atom is -0.370 e. The van der Waals surface area contributed by atoms with E-state index >= 15 is 0 Å². The Bertz CT molecular complexity index is 328. The zero-order valence-electron chi connectivity index (χ0n) is 11.1. The maximum atomic E-state index is 5.38. The Morgan fingerprint density at radius 2 is 1.88 bits per heavy atom. The normalized spacial score (nSPS) is 12.6. The summed E-state index contributed by atoms with van der Waals surface area (Å²) in [6.07, 6.45) is 0.796. The Kier molecular flexibility index (Phi) is 5.15. The third kappa shape index (κ3) is 4.19. The van der Waals surface area contributed by atoms with Gasteiger partial charge in [-0.05, 0) is 11.8 Å². The van der Waals surface area contributed by atoms with Gasteiger partial charge in [0.15, 0.2) is 0 Å². The van der Waals surface area contributed by atoms with Crippen molar-refractivity contribution in [2.24, 2.45) is 17.7 Å². The average Bonchev–Trinajstić information content (AvgIpc) is 2.35. The molecule has 1 atom stereocenters. The number of rotatable bonds is 6. The number of nitrogen functional groups attached to an aromatic ring is 1. The van der Waals surface area contributed by atoms with Crippen LogP contribution >= 0.6 is 0 Å². The molecule has 0 amide bonds. The summed E-state index contributed by atoms with van der Waals surface area (Å²) in [6.45, 7) is 9.59. The Labute approximate surface area is 103 Å². The Hall–Kier alpha value is -1.36. The van der Waals surface area contributed by atoms with E-state index < -0.39 is 0 Å². The molecule has 1 unspecified atom stereocenters. The van der Waals surface area contributed by atoms with Crippen molar-refractivity contribution in [2.75, 3.05) is 17.3 Å². The molecule has 0 spiro atoms. The summed E-state index contributed by atoms with van der Waals surface area (Å²) in [5, 5.41) is 3.33. The SMILES string of the molecule is CCc1nc(NN)cc(NCC(C)C(C)C)n1. The zero-order valence-corrected chi connectivity index (χ0v) is 11.1. The van der Waals surface area contributed by atoms with E-state index in [9.17, 15) is 0 Å². The molecular formula is C12H23N5. The van der Waals surface area contributed by atoms with Crippen molar-refractivity contribution in [1.29, 1.82) is 0 Å². The highest BCUT2D eigenvalue weighted by Gasteiger charge is 2.08. The number of nitrogens with zero attached hydrogens (tertiary/aromatic N) is 2. The van der Waals surface area contributed by atoms with Gasteiger partial charge in [0.25, 0.3) is 0 Å². The van der Waals surface area contributed by atoms with Gasteiger partial charge in [-0.3, -0.25) is 0 Å². The van der Waals surface area contributed by atoms with Crippen LogP contribution in [0.25, 0.3) is 0 Å². The molecule has 1 aromatic rings. The number of hydrazine groups is 1. The van der Waals surface area contributed by atoms with Gasteiger partial charge >= 0.3 is 0 Å². The molecule has 1 aromatic heterocycles. The van der Waals surface area contributed by atoms with E-state index in [4.69, 9.17) is 5.84 Å².